The molecule has 0 aliphatic heterocycles. The number of aliphatic hydroxyl groups is 1. The fraction of sp³-hybridized carbons (Fsp3) is 0.938. The summed E-state index contributed by atoms with van der Waals surface area (Å²) in [7, 11) is 0. The van der Waals surface area contributed by atoms with E-state index in [1.807, 2.05) is 0 Å². The van der Waals surface area contributed by atoms with E-state index in [1.54, 1.807) is 0 Å². The monoisotopic (exact) mass is 303 g/mol. The topological polar surface area (TPSA) is 44.0 Å². The zero-order chi connectivity index (χ0) is 15.6. The number of rotatable bonds is 1. The largest absolute Gasteiger partial charge is 0.391 e. The van der Waals surface area contributed by atoms with Crippen molar-refractivity contribution in [3.8, 4) is 6.07 Å². The Morgan fingerprint density at radius 2 is 1.38 bits per heavy atom. The summed E-state index contributed by atoms with van der Waals surface area (Å²) in [6, 6.07) is 2.32. The molecular weight excluding hydrogens is 279 g/mol. The van der Waals surface area contributed by atoms with Crippen LogP contribution >= 0.6 is 0 Å². The molecule has 0 amide bonds. The predicted molar refractivity (Wildman–Crippen MR) is 73.3 cm³/mol. The van der Waals surface area contributed by atoms with E-state index < -0.39 is 23.1 Å². The first-order valence-corrected chi connectivity index (χ1v) is 8.03. The molecule has 2 aliphatic carbocycles. The van der Waals surface area contributed by atoms with Gasteiger partial charge in [0.15, 0.2) is 0 Å². The van der Waals surface area contributed by atoms with Gasteiger partial charge >= 0.3 is 6.18 Å². The van der Waals surface area contributed by atoms with Gasteiger partial charge in [0.1, 0.15) is 0 Å². The molecule has 0 saturated heterocycles. The SMILES string of the molecule is N#CC1(C2(O)CCC(C(F)(F)F)CC2)CCCCCCC1. The van der Waals surface area contributed by atoms with Crippen LogP contribution in [0.4, 0.5) is 13.2 Å². The van der Waals surface area contributed by atoms with E-state index in [9.17, 15) is 23.5 Å². The molecule has 2 aliphatic rings. The summed E-state index contributed by atoms with van der Waals surface area (Å²) in [5.41, 5.74) is -2.08. The zero-order valence-electron chi connectivity index (χ0n) is 12.4. The van der Waals surface area contributed by atoms with Crippen molar-refractivity contribution >= 4 is 0 Å². The van der Waals surface area contributed by atoms with Crippen LogP contribution in [0.3, 0.4) is 0 Å². The van der Waals surface area contributed by atoms with E-state index in [4.69, 9.17) is 0 Å². The van der Waals surface area contributed by atoms with Gasteiger partial charge in [-0.3, -0.25) is 0 Å². The second-order valence-electron chi connectivity index (χ2n) is 6.81. The smallest absolute Gasteiger partial charge is 0.388 e. The molecule has 0 spiro atoms. The summed E-state index contributed by atoms with van der Waals surface area (Å²) >= 11 is 0. The third kappa shape index (κ3) is 3.36. The Morgan fingerprint density at radius 3 is 1.81 bits per heavy atom. The lowest BCUT2D eigenvalue weighted by molar-refractivity contribution is -0.201. The normalized spacial score (nSPS) is 34.5. The standard InChI is InChI=1S/C16H24F3NO/c17-16(18,19)13-6-10-15(21,11-7-13)14(12-20)8-4-2-1-3-5-9-14/h13,21H,1-11H2. The molecule has 2 saturated carbocycles. The Hall–Kier alpha value is -0.760. The van der Waals surface area contributed by atoms with Crippen LogP contribution in [0.5, 0.6) is 0 Å². The van der Waals surface area contributed by atoms with Gasteiger partial charge in [-0.15, -0.1) is 0 Å². The molecule has 1 N–H and O–H groups in total. The summed E-state index contributed by atoms with van der Waals surface area (Å²) in [5, 5.41) is 20.6. The van der Waals surface area contributed by atoms with Crippen LogP contribution in [-0.4, -0.2) is 16.9 Å². The highest BCUT2D eigenvalue weighted by molar-refractivity contribution is 5.13. The Labute approximate surface area is 124 Å². The maximum absolute atomic E-state index is 12.8. The van der Waals surface area contributed by atoms with Crippen LogP contribution < -0.4 is 0 Å². The minimum absolute atomic E-state index is 0.0522. The Balaban J connectivity index is 2.12. The lowest BCUT2D eigenvalue weighted by atomic mass is 9.59. The lowest BCUT2D eigenvalue weighted by Gasteiger charge is -2.47. The van der Waals surface area contributed by atoms with Crippen LogP contribution in [-0.2, 0) is 0 Å². The van der Waals surface area contributed by atoms with Crippen molar-refractivity contribution in [2.75, 3.05) is 0 Å². The van der Waals surface area contributed by atoms with E-state index in [0.717, 1.165) is 32.1 Å². The number of hydrogen-bond acceptors (Lipinski definition) is 2. The van der Waals surface area contributed by atoms with Crippen LogP contribution in [0.2, 0.25) is 0 Å². The van der Waals surface area contributed by atoms with E-state index >= 15 is 0 Å². The van der Waals surface area contributed by atoms with E-state index in [2.05, 4.69) is 6.07 Å². The molecule has 0 aromatic carbocycles. The average Bonchev–Trinajstić information content (AvgIpc) is 2.38. The van der Waals surface area contributed by atoms with Gasteiger partial charge in [-0.25, -0.2) is 0 Å². The van der Waals surface area contributed by atoms with Crippen molar-refractivity contribution in [2.24, 2.45) is 11.3 Å². The van der Waals surface area contributed by atoms with Gasteiger partial charge < -0.3 is 5.11 Å². The molecule has 21 heavy (non-hydrogen) atoms. The summed E-state index contributed by atoms with van der Waals surface area (Å²) in [6.45, 7) is 0. The van der Waals surface area contributed by atoms with E-state index in [0.29, 0.717) is 12.8 Å². The van der Waals surface area contributed by atoms with E-state index in [1.165, 1.54) is 0 Å². The molecule has 0 atom stereocenters. The first-order chi connectivity index (χ1) is 9.83. The minimum atomic E-state index is -4.18. The van der Waals surface area contributed by atoms with Crippen molar-refractivity contribution in [3.05, 3.63) is 0 Å². The molecule has 0 heterocycles. The maximum Gasteiger partial charge on any atom is 0.391 e. The molecule has 0 bridgehead atoms. The van der Waals surface area contributed by atoms with Gasteiger partial charge in [0.05, 0.1) is 23.0 Å². The summed E-state index contributed by atoms with van der Waals surface area (Å²) in [4.78, 5) is 0. The van der Waals surface area contributed by atoms with Crippen LogP contribution in [0, 0.1) is 22.7 Å². The first-order valence-electron chi connectivity index (χ1n) is 8.03. The molecular formula is C16H24F3NO. The van der Waals surface area contributed by atoms with Gasteiger partial charge in [-0.2, -0.15) is 18.4 Å². The van der Waals surface area contributed by atoms with Crippen LogP contribution in [0.15, 0.2) is 0 Å². The fourth-order valence-electron chi connectivity index (χ4n) is 4.09. The van der Waals surface area contributed by atoms with Crippen molar-refractivity contribution in [1.82, 2.24) is 0 Å². The highest BCUT2D eigenvalue weighted by Gasteiger charge is 2.54. The van der Waals surface area contributed by atoms with E-state index in [-0.39, 0.29) is 25.7 Å². The summed E-state index contributed by atoms with van der Waals surface area (Å²) < 4.78 is 38.4. The second-order valence-corrected chi connectivity index (χ2v) is 6.81. The van der Waals surface area contributed by atoms with Gasteiger partial charge in [0.25, 0.3) is 0 Å². The van der Waals surface area contributed by atoms with Gasteiger partial charge in [-0.05, 0) is 38.5 Å². The van der Waals surface area contributed by atoms with Crippen LogP contribution in [0.25, 0.3) is 0 Å². The Kier molecular flexibility index (Phi) is 4.87. The molecule has 0 radical (unpaired) electrons. The molecule has 120 valence electrons. The number of alkyl halides is 3. The van der Waals surface area contributed by atoms with Gasteiger partial charge in [-0.1, -0.05) is 32.1 Å². The number of halogens is 3. The predicted octanol–water partition coefficient (Wildman–Crippen LogP) is 4.72. The zero-order valence-corrected chi connectivity index (χ0v) is 12.4. The molecule has 2 nitrogen and oxygen atoms in total. The molecule has 2 fully saturated rings. The molecule has 2 rings (SSSR count). The quantitative estimate of drug-likeness (QED) is 0.761. The minimum Gasteiger partial charge on any atom is -0.388 e. The Morgan fingerprint density at radius 1 is 0.905 bits per heavy atom. The number of nitrogens with zero attached hydrogens (tertiary/aromatic N) is 1. The molecule has 5 heteroatoms. The first kappa shape index (κ1) is 16.6. The highest BCUT2D eigenvalue weighted by atomic mass is 19.4. The lowest BCUT2D eigenvalue weighted by Crippen LogP contribution is -2.51. The van der Waals surface area contributed by atoms with Crippen molar-refractivity contribution in [3.63, 3.8) is 0 Å². The maximum atomic E-state index is 12.8. The van der Waals surface area contributed by atoms with Crippen molar-refractivity contribution in [2.45, 2.75) is 82.4 Å². The summed E-state index contributed by atoms with van der Waals surface area (Å²) in [5.74, 6) is -1.32. The second kappa shape index (κ2) is 6.16. The molecule has 0 unspecified atom stereocenters. The van der Waals surface area contributed by atoms with Crippen molar-refractivity contribution in [1.29, 1.82) is 5.26 Å². The van der Waals surface area contributed by atoms with Gasteiger partial charge in [0.2, 0.25) is 0 Å². The molecule has 0 aromatic rings. The summed E-state index contributed by atoms with van der Waals surface area (Å²) in [6.07, 6.45) is 2.18. The van der Waals surface area contributed by atoms with Crippen LogP contribution in [0.1, 0.15) is 70.6 Å². The fourth-order valence-corrected chi connectivity index (χ4v) is 4.09. The number of hydrogen-bond donors (Lipinski definition) is 1. The van der Waals surface area contributed by atoms with Gasteiger partial charge in [0, 0.05) is 0 Å². The average molecular weight is 303 g/mol. The molecule has 0 aromatic heterocycles. The van der Waals surface area contributed by atoms with Crippen molar-refractivity contribution < 1.29 is 18.3 Å². The number of nitriles is 1. The Bertz CT molecular complexity index is 383. The third-order valence-corrected chi connectivity index (χ3v) is 5.59. The highest BCUT2D eigenvalue weighted by Crippen LogP contribution is 2.52. The third-order valence-electron chi connectivity index (χ3n) is 5.59.